The zero-order valence-electron chi connectivity index (χ0n) is 22.2. The first-order valence-electron chi connectivity index (χ1n) is 15.0. The molecule has 2 saturated heterocycles. The minimum Gasteiger partial charge on any atom is -0.367 e. The van der Waals surface area contributed by atoms with Gasteiger partial charge in [-0.2, -0.15) is 0 Å². The number of benzene rings is 2. The summed E-state index contributed by atoms with van der Waals surface area (Å²) in [5.74, 6) is 2.33. The van der Waals surface area contributed by atoms with Crippen molar-refractivity contribution >= 4 is 5.84 Å². The lowest BCUT2D eigenvalue weighted by Crippen LogP contribution is -2.41. The summed E-state index contributed by atoms with van der Waals surface area (Å²) < 4.78 is 0. The number of aromatic amines is 1. The lowest BCUT2D eigenvalue weighted by Gasteiger charge is -2.18. The smallest absolute Gasteiger partial charge is 0.124 e. The van der Waals surface area contributed by atoms with E-state index in [0.29, 0.717) is 18.1 Å². The van der Waals surface area contributed by atoms with Gasteiger partial charge in [-0.3, -0.25) is 4.99 Å². The number of H-pyrrole nitrogens is 1. The molecule has 196 valence electrons. The third kappa shape index (κ3) is 3.92. The molecule has 4 atom stereocenters. The van der Waals surface area contributed by atoms with Crippen molar-refractivity contribution in [2.45, 2.75) is 88.4 Å². The van der Waals surface area contributed by atoms with Crippen molar-refractivity contribution in [2.24, 2.45) is 4.99 Å². The number of hydrogen-bond donors (Lipinski definition) is 4. The van der Waals surface area contributed by atoms with Gasteiger partial charge in [0.05, 0.1) is 29.9 Å². The summed E-state index contributed by atoms with van der Waals surface area (Å²) in [5, 5.41) is 11.0. The van der Waals surface area contributed by atoms with Gasteiger partial charge in [0.25, 0.3) is 0 Å². The zero-order valence-corrected chi connectivity index (χ0v) is 22.2. The van der Waals surface area contributed by atoms with Crippen molar-refractivity contribution in [3.8, 4) is 22.4 Å². The SMILES string of the molecule is c1cc2c(cc1-c1ccc3c(c1)CCCC1NC([C@@H]4CCCN4)=NC31)CCCc1[nH]c([C@@H]3CCCN3)nc1-2. The van der Waals surface area contributed by atoms with E-state index in [1.54, 1.807) is 0 Å². The quantitative estimate of drug-likeness (QED) is 0.396. The molecule has 3 aliphatic heterocycles. The van der Waals surface area contributed by atoms with Crippen LogP contribution in [0.25, 0.3) is 22.4 Å². The van der Waals surface area contributed by atoms with Crippen LogP contribution in [0, 0.1) is 0 Å². The van der Waals surface area contributed by atoms with E-state index in [-0.39, 0.29) is 6.04 Å². The minimum atomic E-state index is 0.257. The summed E-state index contributed by atoms with van der Waals surface area (Å²) in [7, 11) is 0. The first kappa shape index (κ1) is 23.0. The average molecular weight is 507 g/mol. The Balaban J connectivity index is 1.11. The molecule has 4 heterocycles. The molecule has 6 nitrogen and oxygen atoms in total. The number of fused-ring (bicyclic) bond motifs is 6. The Morgan fingerprint density at radius 2 is 1.53 bits per heavy atom. The first-order chi connectivity index (χ1) is 18.8. The van der Waals surface area contributed by atoms with E-state index in [9.17, 15) is 0 Å². The third-order valence-corrected chi connectivity index (χ3v) is 9.56. The van der Waals surface area contributed by atoms with Gasteiger partial charge in [-0.05, 0) is 105 Å². The van der Waals surface area contributed by atoms with Crippen LogP contribution >= 0.6 is 0 Å². The number of amidine groups is 1. The van der Waals surface area contributed by atoms with Crippen LogP contribution in [-0.2, 0) is 19.3 Å². The van der Waals surface area contributed by atoms with Crippen molar-refractivity contribution in [1.29, 1.82) is 0 Å². The topological polar surface area (TPSA) is 77.1 Å². The van der Waals surface area contributed by atoms with Crippen molar-refractivity contribution in [3.63, 3.8) is 0 Å². The van der Waals surface area contributed by atoms with Crippen LogP contribution in [0.1, 0.15) is 85.2 Å². The monoisotopic (exact) mass is 506 g/mol. The Hall–Kier alpha value is -2.96. The lowest BCUT2D eigenvalue weighted by atomic mass is 9.91. The Morgan fingerprint density at radius 3 is 2.37 bits per heavy atom. The van der Waals surface area contributed by atoms with E-state index in [1.807, 2.05) is 0 Å². The highest BCUT2D eigenvalue weighted by Crippen LogP contribution is 2.39. The van der Waals surface area contributed by atoms with Gasteiger partial charge in [-0.1, -0.05) is 36.4 Å². The molecule has 2 fully saturated rings. The maximum atomic E-state index is 5.24. The Morgan fingerprint density at radius 1 is 0.737 bits per heavy atom. The van der Waals surface area contributed by atoms with Crippen molar-refractivity contribution < 1.29 is 0 Å². The van der Waals surface area contributed by atoms with Crippen LogP contribution in [0.2, 0.25) is 0 Å². The molecule has 8 rings (SSSR count). The lowest BCUT2D eigenvalue weighted by molar-refractivity contribution is 0.506. The Labute approximate surface area is 225 Å². The molecular weight excluding hydrogens is 468 g/mol. The number of nitrogens with zero attached hydrogens (tertiary/aromatic N) is 2. The van der Waals surface area contributed by atoms with Crippen LogP contribution in [0.4, 0.5) is 0 Å². The molecule has 5 aliphatic rings. The van der Waals surface area contributed by atoms with Gasteiger partial charge < -0.3 is 20.9 Å². The van der Waals surface area contributed by atoms with E-state index in [2.05, 4.69) is 57.3 Å². The summed E-state index contributed by atoms with van der Waals surface area (Å²) >= 11 is 0. The predicted molar refractivity (Wildman–Crippen MR) is 153 cm³/mol. The molecule has 4 N–H and O–H groups in total. The highest BCUT2D eigenvalue weighted by atomic mass is 15.2. The largest absolute Gasteiger partial charge is 0.367 e. The summed E-state index contributed by atoms with van der Waals surface area (Å²) in [6.45, 7) is 2.21. The second kappa shape index (κ2) is 9.35. The fraction of sp³-hybridized carbons (Fsp3) is 0.500. The second-order valence-corrected chi connectivity index (χ2v) is 12.0. The fourth-order valence-corrected chi connectivity index (χ4v) is 7.56. The van der Waals surface area contributed by atoms with Gasteiger partial charge in [0.1, 0.15) is 11.7 Å². The molecule has 38 heavy (non-hydrogen) atoms. The van der Waals surface area contributed by atoms with Gasteiger partial charge in [0.15, 0.2) is 0 Å². The van der Waals surface area contributed by atoms with E-state index < -0.39 is 0 Å². The summed E-state index contributed by atoms with van der Waals surface area (Å²) in [6.07, 6.45) is 11.8. The first-order valence-corrected chi connectivity index (χ1v) is 15.0. The number of nitrogens with one attached hydrogen (secondary N) is 4. The fourth-order valence-electron chi connectivity index (χ4n) is 7.56. The van der Waals surface area contributed by atoms with Gasteiger partial charge >= 0.3 is 0 Å². The minimum absolute atomic E-state index is 0.257. The average Bonchev–Trinajstić information content (AvgIpc) is 3.74. The molecule has 0 amide bonds. The summed E-state index contributed by atoms with van der Waals surface area (Å²) in [4.78, 5) is 14.1. The van der Waals surface area contributed by atoms with E-state index in [1.165, 1.54) is 95.5 Å². The highest BCUT2D eigenvalue weighted by Gasteiger charge is 2.36. The summed E-state index contributed by atoms with van der Waals surface area (Å²) in [5.41, 5.74) is 10.8. The Bertz CT molecular complexity index is 1390. The van der Waals surface area contributed by atoms with Crippen LogP contribution < -0.4 is 16.0 Å². The van der Waals surface area contributed by atoms with Crippen LogP contribution in [0.15, 0.2) is 41.4 Å². The second-order valence-electron chi connectivity index (χ2n) is 12.0. The highest BCUT2D eigenvalue weighted by molar-refractivity contribution is 5.90. The molecular formula is C32H38N6. The Kier molecular flexibility index (Phi) is 5.65. The van der Waals surface area contributed by atoms with Crippen molar-refractivity contribution in [1.82, 2.24) is 25.9 Å². The maximum absolute atomic E-state index is 5.24. The molecule has 0 spiro atoms. The molecule has 0 bridgehead atoms. The van der Waals surface area contributed by atoms with Crippen LogP contribution in [0.5, 0.6) is 0 Å². The summed E-state index contributed by atoms with van der Waals surface area (Å²) in [6, 6.07) is 15.8. The molecule has 2 aliphatic carbocycles. The van der Waals surface area contributed by atoms with Gasteiger partial charge in [-0.15, -0.1) is 0 Å². The molecule has 3 aromatic rings. The normalized spacial score (nSPS) is 27.9. The van der Waals surface area contributed by atoms with Gasteiger partial charge in [0, 0.05) is 11.3 Å². The molecule has 0 saturated carbocycles. The van der Waals surface area contributed by atoms with Gasteiger partial charge in [0.2, 0.25) is 0 Å². The van der Waals surface area contributed by atoms with Crippen LogP contribution in [-0.4, -0.2) is 41.0 Å². The number of rotatable bonds is 3. The van der Waals surface area contributed by atoms with E-state index in [4.69, 9.17) is 9.98 Å². The molecule has 6 heteroatoms. The predicted octanol–water partition coefficient (Wildman–Crippen LogP) is 5.16. The molecule has 2 aromatic carbocycles. The van der Waals surface area contributed by atoms with Gasteiger partial charge in [-0.25, -0.2) is 4.98 Å². The molecule has 2 unspecified atom stereocenters. The van der Waals surface area contributed by atoms with E-state index in [0.717, 1.165) is 38.2 Å². The van der Waals surface area contributed by atoms with Crippen molar-refractivity contribution in [2.75, 3.05) is 13.1 Å². The van der Waals surface area contributed by atoms with E-state index >= 15 is 0 Å². The molecule has 0 radical (unpaired) electrons. The number of aryl methyl sites for hydroxylation is 3. The number of imidazole rings is 1. The van der Waals surface area contributed by atoms with Crippen LogP contribution in [0.3, 0.4) is 0 Å². The zero-order chi connectivity index (χ0) is 25.1. The third-order valence-electron chi connectivity index (χ3n) is 9.56. The maximum Gasteiger partial charge on any atom is 0.124 e. The number of aliphatic imine (C=N–C) groups is 1. The standard InChI is InChI=1S/C32H38N6/c1-5-21-17-19(11-13-23(21)29-25(7-1)35-31(37-29)27-9-3-15-33-27)20-12-14-24-22(18-20)6-2-8-26-30(24)38-32(36-26)28-10-4-16-34-28/h11-14,17-18,25,27-29,33-34H,1-10,15-16H2,(H,35,37)(H,36,38)/t25?,27-,28-,29?/m0/s1. The molecule has 1 aromatic heterocycles. The van der Waals surface area contributed by atoms with Crippen molar-refractivity contribution in [3.05, 3.63) is 64.6 Å². The number of aromatic nitrogens is 2. The number of hydrogen-bond acceptors (Lipinski definition) is 5.